The number of hydrogen-bond donors (Lipinski definition) is 1. The van der Waals surface area contributed by atoms with Gasteiger partial charge in [-0.25, -0.2) is 9.97 Å². The summed E-state index contributed by atoms with van der Waals surface area (Å²) < 4.78 is 0. The predicted octanol–water partition coefficient (Wildman–Crippen LogP) is 5.28. The van der Waals surface area contributed by atoms with Crippen LogP contribution in [0.3, 0.4) is 0 Å². The van der Waals surface area contributed by atoms with Gasteiger partial charge in [-0.05, 0) is 69.7 Å². The Bertz CT molecular complexity index is 1220. The molecular weight excluding hydrogens is 468 g/mol. The number of anilines is 2. The Labute approximate surface area is 218 Å². The van der Waals surface area contributed by atoms with Crippen LogP contribution in [-0.4, -0.2) is 63.9 Å². The fourth-order valence-electron chi connectivity index (χ4n) is 5.47. The lowest BCUT2D eigenvalue weighted by atomic mass is 9.84. The van der Waals surface area contributed by atoms with Crippen LogP contribution >= 0.6 is 11.3 Å². The maximum Gasteiger partial charge on any atom is 0.222 e. The number of amides is 1. The zero-order chi connectivity index (χ0) is 25.1. The van der Waals surface area contributed by atoms with Gasteiger partial charge < -0.3 is 15.1 Å². The molecule has 1 amide bonds. The number of aromatic nitrogens is 3. The van der Waals surface area contributed by atoms with Gasteiger partial charge >= 0.3 is 0 Å². The molecule has 5 rings (SSSR count). The SMILES string of the molecule is Cc1cc(Nc2ncnc3sc4c(c23)CCC(CCCCCC(=O)N2CCN(C)CC2)C4)cnc1C. The number of carbonyl (C=O) groups excluding carboxylic acids is 1. The molecule has 3 aromatic heterocycles. The Balaban J connectivity index is 1.14. The van der Waals surface area contributed by atoms with E-state index in [-0.39, 0.29) is 0 Å². The Hall–Kier alpha value is -2.58. The number of unbranched alkanes of at least 4 members (excludes halogenated alkanes) is 2. The highest BCUT2D eigenvalue weighted by atomic mass is 32.1. The Kier molecular flexibility index (Phi) is 7.82. The molecular formula is C28H38N6OS. The van der Waals surface area contributed by atoms with Gasteiger partial charge in [-0.2, -0.15) is 0 Å². The number of fused-ring (bicyclic) bond motifs is 3. The van der Waals surface area contributed by atoms with Crippen LogP contribution in [0.5, 0.6) is 0 Å². The fourth-order valence-corrected chi connectivity index (χ4v) is 6.77. The van der Waals surface area contributed by atoms with E-state index in [0.29, 0.717) is 12.3 Å². The molecule has 3 aromatic rings. The van der Waals surface area contributed by atoms with Gasteiger partial charge in [-0.3, -0.25) is 9.78 Å². The van der Waals surface area contributed by atoms with Crippen molar-refractivity contribution < 1.29 is 4.79 Å². The van der Waals surface area contributed by atoms with E-state index in [0.717, 1.165) is 79.8 Å². The molecule has 0 aromatic carbocycles. The van der Waals surface area contributed by atoms with Crippen LogP contribution in [0, 0.1) is 19.8 Å². The first kappa shape index (κ1) is 25.1. The monoisotopic (exact) mass is 506 g/mol. The van der Waals surface area contributed by atoms with Crippen molar-refractivity contribution in [3.8, 4) is 0 Å². The van der Waals surface area contributed by atoms with Gasteiger partial charge in [0.15, 0.2) is 0 Å². The first-order chi connectivity index (χ1) is 17.5. The van der Waals surface area contributed by atoms with Crippen LogP contribution in [-0.2, 0) is 17.6 Å². The number of nitrogens with one attached hydrogen (secondary N) is 1. The molecule has 8 heteroatoms. The van der Waals surface area contributed by atoms with Crippen LogP contribution in [0.1, 0.15) is 60.2 Å². The third-order valence-electron chi connectivity index (χ3n) is 7.91. The van der Waals surface area contributed by atoms with Gasteiger partial charge in [0.1, 0.15) is 17.0 Å². The van der Waals surface area contributed by atoms with Gasteiger partial charge in [0.2, 0.25) is 5.91 Å². The topological polar surface area (TPSA) is 74.2 Å². The van der Waals surface area contributed by atoms with Crippen molar-refractivity contribution in [1.82, 2.24) is 24.8 Å². The summed E-state index contributed by atoms with van der Waals surface area (Å²) in [5.41, 5.74) is 4.62. The highest BCUT2D eigenvalue weighted by Crippen LogP contribution is 2.41. The van der Waals surface area contributed by atoms with Gasteiger partial charge in [0.05, 0.1) is 17.3 Å². The van der Waals surface area contributed by atoms with E-state index in [2.05, 4.69) is 45.2 Å². The molecule has 1 aliphatic carbocycles. The molecule has 7 nitrogen and oxygen atoms in total. The summed E-state index contributed by atoms with van der Waals surface area (Å²) in [5, 5.41) is 4.70. The number of carbonyl (C=O) groups is 1. The summed E-state index contributed by atoms with van der Waals surface area (Å²) in [5.74, 6) is 1.97. The highest BCUT2D eigenvalue weighted by Gasteiger charge is 2.25. The van der Waals surface area contributed by atoms with E-state index in [1.165, 1.54) is 40.7 Å². The number of rotatable bonds is 8. The van der Waals surface area contributed by atoms with Crippen LogP contribution in [0.2, 0.25) is 0 Å². The van der Waals surface area contributed by atoms with Crippen molar-refractivity contribution in [3.63, 3.8) is 0 Å². The quantitative estimate of drug-likeness (QED) is 0.419. The molecule has 0 spiro atoms. The number of nitrogens with zero attached hydrogens (tertiary/aromatic N) is 5. The fraction of sp³-hybridized carbons (Fsp3) is 0.571. The minimum absolute atomic E-state index is 0.345. The van der Waals surface area contributed by atoms with E-state index in [9.17, 15) is 4.79 Å². The van der Waals surface area contributed by atoms with E-state index in [1.807, 2.05) is 29.4 Å². The van der Waals surface area contributed by atoms with Crippen LogP contribution in [0.4, 0.5) is 11.5 Å². The molecule has 0 saturated carbocycles. The molecule has 1 saturated heterocycles. The minimum atomic E-state index is 0.345. The number of pyridine rings is 1. The second kappa shape index (κ2) is 11.2. The molecule has 192 valence electrons. The first-order valence-corrected chi connectivity index (χ1v) is 14.2. The van der Waals surface area contributed by atoms with E-state index < -0.39 is 0 Å². The van der Waals surface area contributed by atoms with Gasteiger partial charge in [-0.15, -0.1) is 11.3 Å². The molecule has 1 unspecified atom stereocenters. The lowest BCUT2D eigenvalue weighted by Crippen LogP contribution is -2.47. The second-order valence-electron chi connectivity index (χ2n) is 10.5. The van der Waals surface area contributed by atoms with Crippen molar-refractivity contribution in [2.45, 2.75) is 65.2 Å². The second-order valence-corrected chi connectivity index (χ2v) is 11.6. The average Bonchev–Trinajstić information content (AvgIpc) is 3.25. The highest BCUT2D eigenvalue weighted by molar-refractivity contribution is 7.19. The summed E-state index contributed by atoms with van der Waals surface area (Å²) in [4.78, 5) is 33.1. The van der Waals surface area contributed by atoms with Gasteiger partial charge in [-0.1, -0.05) is 19.3 Å². The van der Waals surface area contributed by atoms with Crippen molar-refractivity contribution >= 4 is 39.0 Å². The number of hydrogen-bond acceptors (Lipinski definition) is 7. The summed E-state index contributed by atoms with van der Waals surface area (Å²) >= 11 is 1.84. The molecule has 0 bridgehead atoms. The maximum atomic E-state index is 12.5. The molecule has 0 radical (unpaired) electrons. The van der Waals surface area contributed by atoms with E-state index in [4.69, 9.17) is 0 Å². The molecule has 1 N–H and O–H groups in total. The zero-order valence-electron chi connectivity index (χ0n) is 21.8. The van der Waals surface area contributed by atoms with Crippen molar-refractivity contribution in [2.24, 2.45) is 5.92 Å². The maximum absolute atomic E-state index is 12.5. The Morgan fingerprint density at radius 2 is 1.94 bits per heavy atom. The van der Waals surface area contributed by atoms with Crippen molar-refractivity contribution in [1.29, 1.82) is 0 Å². The lowest BCUT2D eigenvalue weighted by Gasteiger charge is -2.32. The smallest absolute Gasteiger partial charge is 0.222 e. The largest absolute Gasteiger partial charge is 0.340 e. The summed E-state index contributed by atoms with van der Waals surface area (Å²) in [6, 6.07) is 2.13. The summed E-state index contributed by atoms with van der Waals surface area (Å²) in [7, 11) is 2.13. The minimum Gasteiger partial charge on any atom is -0.340 e. The Morgan fingerprint density at radius 1 is 1.11 bits per heavy atom. The Morgan fingerprint density at radius 3 is 2.75 bits per heavy atom. The van der Waals surface area contributed by atoms with Crippen molar-refractivity contribution in [2.75, 3.05) is 38.5 Å². The third-order valence-corrected chi connectivity index (χ3v) is 9.07. The first-order valence-electron chi connectivity index (χ1n) is 13.4. The lowest BCUT2D eigenvalue weighted by molar-refractivity contribution is -0.132. The molecule has 2 aliphatic rings. The normalized spacial score (nSPS) is 18.4. The summed E-state index contributed by atoms with van der Waals surface area (Å²) in [6.45, 7) is 7.89. The van der Waals surface area contributed by atoms with Gasteiger partial charge in [0, 0.05) is 43.2 Å². The number of thiophene rings is 1. The van der Waals surface area contributed by atoms with Crippen LogP contribution in [0.25, 0.3) is 10.2 Å². The number of aryl methyl sites for hydroxylation is 3. The van der Waals surface area contributed by atoms with Gasteiger partial charge in [0.25, 0.3) is 0 Å². The molecule has 36 heavy (non-hydrogen) atoms. The van der Waals surface area contributed by atoms with E-state index >= 15 is 0 Å². The van der Waals surface area contributed by atoms with E-state index in [1.54, 1.807) is 6.33 Å². The molecule has 1 aliphatic heterocycles. The number of likely N-dealkylation sites (N-methyl/N-ethyl adjacent to an activating group) is 1. The number of piperazine rings is 1. The van der Waals surface area contributed by atoms with Crippen LogP contribution in [0.15, 0.2) is 18.6 Å². The standard InChI is InChI=1S/C28H38N6OS/c1-19-15-22(17-29-20(19)2)32-27-26-23-10-9-21(16-24(23)36-28(26)31-18-30-27)7-5-4-6-8-25(35)34-13-11-33(3)12-14-34/h15,17-18,21H,4-14,16H2,1-3H3,(H,30,31,32). The van der Waals surface area contributed by atoms with Crippen LogP contribution < -0.4 is 5.32 Å². The molecule has 1 atom stereocenters. The average molecular weight is 507 g/mol. The molecule has 4 heterocycles. The summed E-state index contributed by atoms with van der Waals surface area (Å²) in [6.07, 6.45) is 12.3. The predicted molar refractivity (Wildman–Crippen MR) is 147 cm³/mol. The van der Waals surface area contributed by atoms with Crippen molar-refractivity contribution in [3.05, 3.63) is 40.3 Å². The zero-order valence-corrected chi connectivity index (χ0v) is 22.7. The third kappa shape index (κ3) is 5.70. The molecule has 1 fully saturated rings.